The maximum atomic E-state index is 5.27. The minimum atomic E-state index is 0.536. The molecule has 1 N–H and O–H groups in total. The van der Waals surface area contributed by atoms with Crippen LogP contribution in [0.4, 0.5) is 0 Å². The molecule has 0 saturated heterocycles. The number of hydrogen-bond donors (Lipinski definition) is 1. The molecule has 1 aromatic rings. The molecule has 3 rings (SSSR count). The third-order valence-electron chi connectivity index (χ3n) is 3.66. The van der Waals surface area contributed by atoms with E-state index in [-0.39, 0.29) is 0 Å². The van der Waals surface area contributed by atoms with Gasteiger partial charge in [0, 0.05) is 12.0 Å². The second-order valence-corrected chi connectivity index (χ2v) is 5.32. The summed E-state index contributed by atoms with van der Waals surface area (Å²) in [7, 11) is 0. The zero-order valence-corrected chi connectivity index (χ0v) is 9.78. The molecular weight excluding hydrogens is 202 g/mol. The van der Waals surface area contributed by atoms with E-state index in [1.165, 1.54) is 32.1 Å². The van der Waals surface area contributed by atoms with Gasteiger partial charge in [-0.1, -0.05) is 12.1 Å². The molecule has 2 saturated carbocycles. The van der Waals surface area contributed by atoms with E-state index in [9.17, 15) is 0 Å². The molecule has 2 atom stereocenters. The van der Waals surface area contributed by atoms with Crippen LogP contribution >= 0.6 is 0 Å². The van der Waals surface area contributed by atoms with Crippen LogP contribution in [0, 0.1) is 5.92 Å². The Hall–Kier alpha value is -0.900. The Balaban J connectivity index is 1.58. The fraction of sp³-hybridized carbons (Fsp3) is 0.833. The summed E-state index contributed by atoms with van der Waals surface area (Å²) in [5.41, 5.74) is 0. The smallest absolute Gasteiger partial charge is 0.240 e. The van der Waals surface area contributed by atoms with Crippen molar-refractivity contribution in [1.82, 2.24) is 15.5 Å². The normalized spacial score (nSPS) is 29.8. The standard InChI is InChI=1S/C12H19N3O/c1-8-2-3-9(6-8)12-14-11(16-15-12)7-13-10-4-5-10/h8-10,13H,2-7H2,1H3. The molecule has 2 fully saturated rings. The lowest BCUT2D eigenvalue weighted by atomic mass is 10.1. The fourth-order valence-electron chi connectivity index (χ4n) is 2.47. The van der Waals surface area contributed by atoms with Crippen LogP contribution in [0.1, 0.15) is 56.7 Å². The van der Waals surface area contributed by atoms with Gasteiger partial charge in [-0.15, -0.1) is 0 Å². The van der Waals surface area contributed by atoms with Crippen molar-refractivity contribution in [3.8, 4) is 0 Å². The van der Waals surface area contributed by atoms with Gasteiger partial charge in [0.05, 0.1) is 6.54 Å². The van der Waals surface area contributed by atoms with Gasteiger partial charge in [-0.2, -0.15) is 4.98 Å². The SMILES string of the molecule is CC1CCC(c2noc(CNC3CC3)n2)C1. The summed E-state index contributed by atoms with van der Waals surface area (Å²) in [5, 5.41) is 7.49. The summed E-state index contributed by atoms with van der Waals surface area (Å²) >= 11 is 0. The number of nitrogens with zero attached hydrogens (tertiary/aromatic N) is 2. The quantitative estimate of drug-likeness (QED) is 0.847. The first-order chi connectivity index (χ1) is 7.81. The average Bonchev–Trinajstić information content (AvgIpc) is 2.81. The van der Waals surface area contributed by atoms with Crippen LogP contribution in [-0.4, -0.2) is 16.2 Å². The Labute approximate surface area is 95.8 Å². The van der Waals surface area contributed by atoms with Crippen molar-refractivity contribution < 1.29 is 4.52 Å². The molecule has 0 radical (unpaired) electrons. The second kappa shape index (κ2) is 4.17. The van der Waals surface area contributed by atoms with Gasteiger partial charge >= 0.3 is 0 Å². The number of hydrogen-bond acceptors (Lipinski definition) is 4. The minimum Gasteiger partial charge on any atom is -0.338 e. The van der Waals surface area contributed by atoms with Crippen molar-refractivity contribution in [2.45, 2.75) is 57.5 Å². The van der Waals surface area contributed by atoms with E-state index in [0.29, 0.717) is 12.0 Å². The molecule has 4 nitrogen and oxygen atoms in total. The van der Waals surface area contributed by atoms with Crippen molar-refractivity contribution >= 4 is 0 Å². The van der Waals surface area contributed by atoms with Gasteiger partial charge in [-0.05, 0) is 38.0 Å². The highest BCUT2D eigenvalue weighted by Gasteiger charge is 2.27. The molecule has 2 unspecified atom stereocenters. The summed E-state index contributed by atoms with van der Waals surface area (Å²) in [5.74, 6) is 3.03. The zero-order chi connectivity index (χ0) is 11.0. The molecule has 16 heavy (non-hydrogen) atoms. The molecule has 4 heteroatoms. The first-order valence-electron chi connectivity index (χ1n) is 6.37. The van der Waals surface area contributed by atoms with E-state index in [1.54, 1.807) is 0 Å². The Kier molecular flexibility index (Phi) is 2.67. The molecule has 1 heterocycles. The van der Waals surface area contributed by atoms with Crippen LogP contribution in [0.15, 0.2) is 4.52 Å². The van der Waals surface area contributed by atoms with Crippen molar-refractivity contribution in [2.75, 3.05) is 0 Å². The number of nitrogens with one attached hydrogen (secondary N) is 1. The van der Waals surface area contributed by atoms with Crippen LogP contribution in [0.5, 0.6) is 0 Å². The molecule has 2 aliphatic carbocycles. The Morgan fingerprint density at radius 1 is 1.31 bits per heavy atom. The third-order valence-corrected chi connectivity index (χ3v) is 3.66. The highest BCUT2D eigenvalue weighted by molar-refractivity contribution is 4.99. The van der Waals surface area contributed by atoms with Gasteiger partial charge in [0.15, 0.2) is 5.82 Å². The Morgan fingerprint density at radius 2 is 2.19 bits per heavy atom. The first-order valence-corrected chi connectivity index (χ1v) is 6.37. The van der Waals surface area contributed by atoms with E-state index < -0.39 is 0 Å². The van der Waals surface area contributed by atoms with Crippen LogP contribution in [-0.2, 0) is 6.54 Å². The van der Waals surface area contributed by atoms with Gasteiger partial charge in [-0.25, -0.2) is 0 Å². The van der Waals surface area contributed by atoms with Crippen molar-refractivity contribution in [3.05, 3.63) is 11.7 Å². The van der Waals surface area contributed by atoms with Crippen LogP contribution < -0.4 is 5.32 Å². The molecule has 0 spiro atoms. The third kappa shape index (κ3) is 2.26. The van der Waals surface area contributed by atoms with E-state index >= 15 is 0 Å². The van der Waals surface area contributed by atoms with E-state index in [2.05, 4.69) is 22.4 Å². The molecule has 0 bridgehead atoms. The molecule has 0 aromatic carbocycles. The number of rotatable bonds is 4. The molecule has 1 aromatic heterocycles. The van der Waals surface area contributed by atoms with Gasteiger partial charge in [0.2, 0.25) is 5.89 Å². The van der Waals surface area contributed by atoms with Crippen LogP contribution in [0.25, 0.3) is 0 Å². The van der Waals surface area contributed by atoms with Crippen molar-refractivity contribution in [1.29, 1.82) is 0 Å². The van der Waals surface area contributed by atoms with Crippen LogP contribution in [0.3, 0.4) is 0 Å². The van der Waals surface area contributed by atoms with Crippen molar-refractivity contribution in [3.63, 3.8) is 0 Å². The molecule has 0 amide bonds. The summed E-state index contributed by atoms with van der Waals surface area (Å²) < 4.78 is 5.27. The van der Waals surface area contributed by atoms with Crippen LogP contribution in [0.2, 0.25) is 0 Å². The largest absolute Gasteiger partial charge is 0.338 e. The highest BCUT2D eigenvalue weighted by atomic mass is 16.5. The fourth-order valence-corrected chi connectivity index (χ4v) is 2.47. The lowest BCUT2D eigenvalue weighted by molar-refractivity contribution is 0.359. The summed E-state index contributed by atoms with van der Waals surface area (Å²) in [4.78, 5) is 4.49. The summed E-state index contributed by atoms with van der Waals surface area (Å²) in [6, 6.07) is 0.696. The highest BCUT2D eigenvalue weighted by Crippen LogP contribution is 2.36. The summed E-state index contributed by atoms with van der Waals surface area (Å²) in [6.45, 7) is 3.04. The predicted molar refractivity (Wildman–Crippen MR) is 59.9 cm³/mol. The van der Waals surface area contributed by atoms with Crippen molar-refractivity contribution in [2.24, 2.45) is 5.92 Å². The zero-order valence-electron chi connectivity index (χ0n) is 9.78. The second-order valence-electron chi connectivity index (χ2n) is 5.32. The average molecular weight is 221 g/mol. The molecule has 88 valence electrons. The maximum absolute atomic E-state index is 5.27. The van der Waals surface area contributed by atoms with E-state index in [0.717, 1.165) is 24.2 Å². The first kappa shape index (κ1) is 10.3. The van der Waals surface area contributed by atoms with E-state index in [4.69, 9.17) is 4.52 Å². The van der Waals surface area contributed by atoms with Gasteiger partial charge in [0.25, 0.3) is 0 Å². The van der Waals surface area contributed by atoms with E-state index in [1.807, 2.05) is 0 Å². The number of aromatic nitrogens is 2. The molecular formula is C12H19N3O. The topological polar surface area (TPSA) is 51.0 Å². The Morgan fingerprint density at radius 3 is 2.88 bits per heavy atom. The molecule has 0 aliphatic heterocycles. The molecule has 2 aliphatic rings. The van der Waals surface area contributed by atoms with Gasteiger partial charge in [-0.3, -0.25) is 0 Å². The van der Waals surface area contributed by atoms with Gasteiger partial charge in [0.1, 0.15) is 0 Å². The minimum absolute atomic E-state index is 0.536. The lowest BCUT2D eigenvalue weighted by Crippen LogP contribution is -2.15. The monoisotopic (exact) mass is 221 g/mol. The maximum Gasteiger partial charge on any atom is 0.240 e. The predicted octanol–water partition coefficient (Wildman–Crippen LogP) is 2.23. The Bertz CT molecular complexity index is 359. The lowest BCUT2D eigenvalue weighted by Gasteiger charge is -2.01. The summed E-state index contributed by atoms with van der Waals surface area (Å²) in [6.07, 6.45) is 6.32. The van der Waals surface area contributed by atoms with Gasteiger partial charge < -0.3 is 9.84 Å².